The van der Waals surface area contributed by atoms with Crippen LogP contribution in [-0.2, 0) is 6.42 Å². The third kappa shape index (κ3) is 1.95. The van der Waals surface area contributed by atoms with Crippen molar-refractivity contribution in [1.82, 2.24) is 0 Å². The molecule has 0 bridgehead atoms. The van der Waals surface area contributed by atoms with Crippen molar-refractivity contribution in [1.29, 1.82) is 0 Å². The number of aliphatic imine (C=N–C) groups is 1. The topological polar surface area (TPSA) is 35.8 Å². The molecule has 0 aromatic heterocycles. The average Bonchev–Trinajstić information content (AvgIpc) is 2.83. The number of benzene rings is 1. The molecule has 1 heterocycles. The van der Waals surface area contributed by atoms with Crippen molar-refractivity contribution in [2.75, 3.05) is 18.0 Å². The highest BCUT2D eigenvalue weighted by Gasteiger charge is 2.39. The molecule has 0 amide bonds. The van der Waals surface area contributed by atoms with Gasteiger partial charge in [-0.15, -0.1) is 0 Å². The minimum atomic E-state index is -0.392. The number of hydrogen-bond donors (Lipinski definition) is 1. The van der Waals surface area contributed by atoms with Crippen molar-refractivity contribution >= 4 is 12.0 Å². The molecule has 0 spiro atoms. The first-order chi connectivity index (χ1) is 7.75. The summed E-state index contributed by atoms with van der Waals surface area (Å²) in [6.45, 7) is 1.87. The summed E-state index contributed by atoms with van der Waals surface area (Å²) in [6.07, 6.45) is 4.59. The first kappa shape index (κ1) is 9.85. The van der Waals surface area contributed by atoms with E-state index in [4.69, 9.17) is 0 Å². The van der Waals surface area contributed by atoms with Gasteiger partial charge in [0.15, 0.2) is 0 Å². The Hall–Kier alpha value is -1.35. The summed E-state index contributed by atoms with van der Waals surface area (Å²) in [7, 11) is 0. The molecular weight excluding hydrogens is 200 g/mol. The Bertz CT molecular complexity index is 406. The van der Waals surface area contributed by atoms with Crippen LogP contribution in [0.25, 0.3) is 0 Å². The van der Waals surface area contributed by atoms with Crippen LogP contribution in [0.3, 0.4) is 0 Å². The Balaban J connectivity index is 1.71. The zero-order chi connectivity index (χ0) is 11.0. The molecular formula is C13H16N2O. The SMILES string of the molecule is OC1(Cc2ccc(N3C=NCC3)cc2)CC1. The van der Waals surface area contributed by atoms with Gasteiger partial charge in [0.25, 0.3) is 0 Å². The Labute approximate surface area is 95.4 Å². The Morgan fingerprint density at radius 2 is 2.00 bits per heavy atom. The van der Waals surface area contributed by atoms with E-state index in [0.717, 1.165) is 32.4 Å². The minimum absolute atomic E-state index is 0.392. The van der Waals surface area contributed by atoms with E-state index in [0.29, 0.717) is 0 Å². The van der Waals surface area contributed by atoms with Crippen LogP contribution in [0.5, 0.6) is 0 Å². The molecule has 0 radical (unpaired) electrons. The molecule has 3 nitrogen and oxygen atoms in total. The lowest BCUT2D eigenvalue weighted by molar-refractivity contribution is 0.151. The van der Waals surface area contributed by atoms with Gasteiger partial charge in [-0.05, 0) is 30.5 Å². The second-order valence-corrected chi connectivity index (χ2v) is 4.78. The molecule has 0 unspecified atom stereocenters. The second kappa shape index (κ2) is 3.59. The highest BCUT2D eigenvalue weighted by molar-refractivity contribution is 5.80. The lowest BCUT2D eigenvalue weighted by Crippen LogP contribution is -2.18. The van der Waals surface area contributed by atoms with Crippen LogP contribution in [0.15, 0.2) is 29.3 Å². The molecule has 0 saturated heterocycles. The molecule has 84 valence electrons. The zero-order valence-electron chi connectivity index (χ0n) is 9.26. The number of aliphatic hydroxyl groups is 1. The summed E-state index contributed by atoms with van der Waals surface area (Å²) in [4.78, 5) is 6.34. The normalized spacial score (nSPS) is 21.4. The molecule has 1 aliphatic heterocycles. The summed E-state index contributed by atoms with van der Waals surface area (Å²) in [5.74, 6) is 0. The molecule has 2 aliphatic rings. The fourth-order valence-corrected chi connectivity index (χ4v) is 2.08. The monoisotopic (exact) mass is 216 g/mol. The molecule has 1 aromatic carbocycles. The molecule has 16 heavy (non-hydrogen) atoms. The van der Waals surface area contributed by atoms with Gasteiger partial charge in [0.2, 0.25) is 0 Å². The first-order valence-electron chi connectivity index (χ1n) is 5.83. The van der Waals surface area contributed by atoms with Crippen LogP contribution in [0.4, 0.5) is 5.69 Å². The third-order valence-electron chi connectivity index (χ3n) is 3.32. The van der Waals surface area contributed by atoms with Gasteiger partial charge in [-0.25, -0.2) is 0 Å². The second-order valence-electron chi connectivity index (χ2n) is 4.78. The van der Waals surface area contributed by atoms with Gasteiger partial charge in [0.05, 0.1) is 18.5 Å². The predicted molar refractivity (Wildman–Crippen MR) is 65.0 cm³/mol. The van der Waals surface area contributed by atoms with E-state index in [-0.39, 0.29) is 0 Å². The lowest BCUT2D eigenvalue weighted by Gasteiger charge is -2.14. The summed E-state index contributed by atoms with van der Waals surface area (Å²) >= 11 is 0. The minimum Gasteiger partial charge on any atom is -0.390 e. The summed E-state index contributed by atoms with van der Waals surface area (Å²) in [6, 6.07) is 8.44. The molecule has 1 aromatic rings. The third-order valence-corrected chi connectivity index (χ3v) is 3.32. The van der Waals surface area contributed by atoms with Crippen molar-refractivity contribution < 1.29 is 5.11 Å². The summed E-state index contributed by atoms with van der Waals surface area (Å²) in [5.41, 5.74) is 2.02. The Kier molecular flexibility index (Phi) is 2.21. The Morgan fingerprint density at radius 1 is 1.25 bits per heavy atom. The van der Waals surface area contributed by atoms with E-state index in [2.05, 4.69) is 34.2 Å². The van der Waals surface area contributed by atoms with Crippen molar-refractivity contribution in [3.8, 4) is 0 Å². The molecule has 3 rings (SSSR count). The Morgan fingerprint density at radius 3 is 2.56 bits per heavy atom. The van der Waals surface area contributed by atoms with E-state index in [9.17, 15) is 5.11 Å². The van der Waals surface area contributed by atoms with Gasteiger partial charge in [-0.3, -0.25) is 4.99 Å². The van der Waals surface area contributed by atoms with Gasteiger partial charge in [0.1, 0.15) is 0 Å². The number of nitrogens with zero attached hydrogens (tertiary/aromatic N) is 2. The smallest absolute Gasteiger partial charge is 0.0895 e. The largest absolute Gasteiger partial charge is 0.390 e. The number of anilines is 1. The predicted octanol–water partition coefficient (Wildman–Crippen LogP) is 1.60. The van der Waals surface area contributed by atoms with E-state index in [1.54, 1.807) is 0 Å². The van der Waals surface area contributed by atoms with Crippen molar-refractivity contribution in [3.63, 3.8) is 0 Å². The molecule has 1 aliphatic carbocycles. The van der Waals surface area contributed by atoms with Crippen molar-refractivity contribution in [3.05, 3.63) is 29.8 Å². The van der Waals surface area contributed by atoms with Gasteiger partial charge in [0, 0.05) is 18.7 Å². The van der Waals surface area contributed by atoms with Gasteiger partial charge >= 0.3 is 0 Å². The van der Waals surface area contributed by atoms with E-state index in [1.165, 1.54) is 11.3 Å². The quantitative estimate of drug-likeness (QED) is 0.833. The van der Waals surface area contributed by atoms with E-state index in [1.807, 2.05) is 6.34 Å². The maximum Gasteiger partial charge on any atom is 0.0895 e. The number of hydrogen-bond acceptors (Lipinski definition) is 3. The molecule has 1 fully saturated rings. The highest BCUT2D eigenvalue weighted by Crippen LogP contribution is 2.38. The first-order valence-corrected chi connectivity index (χ1v) is 5.83. The van der Waals surface area contributed by atoms with Crippen LogP contribution in [-0.4, -0.2) is 30.1 Å². The standard InChI is InChI=1S/C13H16N2O/c16-13(5-6-13)9-11-1-3-12(4-2-11)15-8-7-14-10-15/h1-4,10,16H,5-9H2. The fourth-order valence-electron chi connectivity index (χ4n) is 2.08. The summed E-state index contributed by atoms with van der Waals surface area (Å²) in [5, 5.41) is 9.83. The van der Waals surface area contributed by atoms with Crippen molar-refractivity contribution in [2.24, 2.45) is 4.99 Å². The molecule has 0 atom stereocenters. The van der Waals surface area contributed by atoms with E-state index >= 15 is 0 Å². The van der Waals surface area contributed by atoms with Crippen molar-refractivity contribution in [2.45, 2.75) is 24.9 Å². The molecule has 3 heteroatoms. The maximum atomic E-state index is 9.83. The van der Waals surface area contributed by atoms with Crippen LogP contribution in [0.1, 0.15) is 18.4 Å². The highest BCUT2D eigenvalue weighted by atomic mass is 16.3. The molecule has 1 N–H and O–H groups in total. The summed E-state index contributed by atoms with van der Waals surface area (Å²) < 4.78 is 0. The van der Waals surface area contributed by atoms with Gasteiger partial charge in [-0.1, -0.05) is 12.1 Å². The average molecular weight is 216 g/mol. The zero-order valence-corrected chi connectivity index (χ0v) is 9.26. The van der Waals surface area contributed by atoms with Crippen LogP contribution in [0.2, 0.25) is 0 Å². The van der Waals surface area contributed by atoms with Crippen LogP contribution >= 0.6 is 0 Å². The fraction of sp³-hybridized carbons (Fsp3) is 0.462. The van der Waals surface area contributed by atoms with Crippen LogP contribution < -0.4 is 4.90 Å². The van der Waals surface area contributed by atoms with E-state index < -0.39 is 5.60 Å². The van der Waals surface area contributed by atoms with Gasteiger partial charge < -0.3 is 10.0 Å². The van der Waals surface area contributed by atoms with Gasteiger partial charge in [-0.2, -0.15) is 0 Å². The number of rotatable bonds is 3. The lowest BCUT2D eigenvalue weighted by atomic mass is 10.1. The molecule has 1 saturated carbocycles. The van der Waals surface area contributed by atoms with Crippen LogP contribution in [0, 0.1) is 0 Å². The maximum absolute atomic E-state index is 9.83.